The van der Waals surface area contributed by atoms with Crippen LogP contribution in [0.15, 0.2) is 24.3 Å². The van der Waals surface area contributed by atoms with Crippen molar-refractivity contribution in [2.24, 2.45) is 5.92 Å². The summed E-state index contributed by atoms with van der Waals surface area (Å²) in [5, 5.41) is 15.8. The van der Waals surface area contributed by atoms with Crippen LogP contribution in [0, 0.1) is 5.92 Å². The summed E-state index contributed by atoms with van der Waals surface area (Å²) in [4.78, 5) is 41.4. The number of carbonyl (C=O) groups is 3. The van der Waals surface area contributed by atoms with Crippen molar-refractivity contribution in [1.82, 2.24) is 15.5 Å². The van der Waals surface area contributed by atoms with Crippen LogP contribution in [0.1, 0.15) is 86.8 Å². The predicted octanol–water partition coefficient (Wildman–Crippen LogP) is 4.53. The van der Waals surface area contributed by atoms with Gasteiger partial charge >= 0.3 is 6.09 Å². The Morgan fingerprint density at radius 3 is 2.18 bits per heavy atom. The topological polar surface area (TPSA) is 108 Å². The number of amides is 3. The highest BCUT2D eigenvalue weighted by Crippen LogP contribution is 2.27. The maximum Gasteiger partial charge on any atom is 0.408 e. The highest BCUT2D eigenvalue weighted by Gasteiger charge is 2.38. The molecule has 0 heterocycles. The summed E-state index contributed by atoms with van der Waals surface area (Å²) in [6, 6.07) is 4.49. The van der Waals surface area contributed by atoms with Crippen molar-refractivity contribution in [2.75, 3.05) is 6.54 Å². The Kier molecular flexibility index (Phi) is 10.4. The second kappa shape index (κ2) is 12.1. The average molecular weight is 478 g/mol. The molecule has 0 spiro atoms. The number of alkyl carbamates (subject to hydrolysis) is 1. The third kappa shape index (κ3) is 9.61. The number of nitrogens with zero attached hydrogens (tertiary/aromatic N) is 1. The lowest BCUT2D eigenvalue weighted by Gasteiger charge is -2.37. The number of hydrogen-bond acceptors (Lipinski definition) is 5. The minimum atomic E-state index is -0.980. The molecule has 8 nitrogen and oxygen atoms in total. The number of carbonyl (C=O) groups excluding carboxylic acids is 3. The highest BCUT2D eigenvalue weighted by molar-refractivity contribution is 5.92. The number of nitrogens with one attached hydrogen (secondary N) is 2. The fraction of sp³-hybridized carbons (Fsp3) is 0.654. The SMILES string of the molecule is CCCCN(C(=O)C(NC(=O)OC(C)(C)C)C(C)C)C(C(=O)NC(C)(C)C)c1cccc(O)c1. The molecule has 34 heavy (non-hydrogen) atoms. The van der Waals surface area contributed by atoms with E-state index in [1.165, 1.54) is 17.0 Å². The van der Waals surface area contributed by atoms with Crippen molar-refractivity contribution >= 4 is 17.9 Å². The molecule has 3 N–H and O–H groups in total. The number of phenolic OH excluding ortho intramolecular Hbond substituents is 1. The van der Waals surface area contributed by atoms with Gasteiger partial charge in [0.05, 0.1) is 0 Å². The summed E-state index contributed by atoms with van der Waals surface area (Å²) in [6.07, 6.45) is 0.785. The Hall–Kier alpha value is -2.77. The third-order valence-corrected chi connectivity index (χ3v) is 4.88. The summed E-state index contributed by atoms with van der Waals surface area (Å²) < 4.78 is 5.37. The molecular formula is C26H43N3O5. The van der Waals surface area contributed by atoms with Gasteiger partial charge in [0, 0.05) is 12.1 Å². The lowest BCUT2D eigenvalue weighted by molar-refractivity contribution is -0.144. The number of aromatic hydroxyl groups is 1. The monoisotopic (exact) mass is 477 g/mol. The van der Waals surface area contributed by atoms with Crippen molar-refractivity contribution in [3.63, 3.8) is 0 Å². The van der Waals surface area contributed by atoms with E-state index in [2.05, 4.69) is 10.6 Å². The number of rotatable bonds is 9. The third-order valence-electron chi connectivity index (χ3n) is 4.88. The molecule has 0 fully saturated rings. The predicted molar refractivity (Wildman–Crippen MR) is 133 cm³/mol. The Bertz CT molecular complexity index is 840. The van der Waals surface area contributed by atoms with Crippen molar-refractivity contribution in [3.05, 3.63) is 29.8 Å². The lowest BCUT2D eigenvalue weighted by Crippen LogP contribution is -2.56. The van der Waals surface area contributed by atoms with Gasteiger partial charge in [0.2, 0.25) is 11.8 Å². The Morgan fingerprint density at radius 2 is 1.71 bits per heavy atom. The van der Waals surface area contributed by atoms with Gasteiger partial charge in [0.25, 0.3) is 0 Å². The summed E-state index contributed by atoms with van der Waals surface area (Å²) in [7, 11) is 0. The normalized spacial score (nSPS) is 13.7. The van der Waals surface area contributed by atoms with Crippen LogP contribution in [-0.2, 0) is 14.3 Å². The van der Waals surface area contributed by atoms with Gasteiger partial charge in [-0.15, -0.1) is 0 Å². The smallest absolute Gasteiger partial charge is 0.408 e. The van der Waals surface area contributed by atoms with Crippen LogP contribution in [0.25, 0.3) is 0 Å². The van der Waals surface area contributed by atoms with E-state index in [0.717, 1.165) is 6.42 Å². The van der Waals surface area contributed by atoms with E-state index in [1.54, 1.807) is 32.9 Å². The van der Waals surface area contributed by atoms with E-state index in [-0.39, 0.29) is 23.5 Å². The molecule has 0 bridgehead atoms. The number of unbranched alkanes of at least 4 members (excludes halogenated alkanes) is 1. The number of benzene rings is 1. The molecule has 1 aromatic carbocycles. The summed E-state index contributed by atoms with van der Waals surface area (Å²) in [6.45, 7) is 16.8. The van der Waals surface area contributed by atoms with Crippen LogP contribution in [0.3, 0.4) is 0 Å². The van der Waals surface area contributed by atoms with E-state index < -0.39 is 29.3 Å². The van der Waals surface area contributed by atoms with E-state index in [4.69, 9.17) is 4.74 Å². The zero-order chi connectivity index (χ0) is 26.3. The molecule has 0 aliphatic rings. The minimum Gasteiger partial charge on any atom is -0.508 e. The van der Waals surface area contributed by atoms with E-state index in [0.29, 0.717) is 18.5 Å². The van der Waals surface area contributed by atoms with Gasteiger partial charge in [-0.2, -0.15) is 0 Å². The van der Waals surface area contributed by atoms with Crippen LogP contribution < -0.4 is 10.6 Å². The van der Waals surface area contributed by atoms with Crippen molar-refractivity contribution in [1.29, 1.82) is 0 Å². The number of hydrogen-bond donors (Lipinski definition) is 3. The molecule has 3 amide bonds. The summed E-state index contributed by atoms with van der Waals surface area (Å²) in [5.74, 6) is -0.991. The molecule has 2 atom stereocenters. The van der Waals surface area contributed by atoms with Crippen molar-refractivity contribution in [2.45, 2.75) is 98.4 Å². The molecule has 8 heteroatoms. The van der Waals surface area contributed by atoms with Crippen LogP contribution in [0.4, 0.5) is 4.79 Å². The fourth-order valence-corrected chi connectivity index (χ4v) is 3.43. The van der Waals surface area contributed by atoms with E-state index >= 15 is 0 Å². The zero-order valence-corrected chi connectivity index (χ0v) is 22.2. The van der Waals surface area contributed by atoms with Gasteiger partial charge in [-0.1, -0.05) is 39.3 Å². The first-order chi connectivity index (χ1) is 15.6. The molecule has 0 aliphatic carbocycles. The second-order valence-electron chi connectivity index (χ2n) is 11.0. The molecule has 0 aromatic heterocycles. The minimum absolute atomic E-state index is 0.00115. The Morgan fingerprint density at radius 1 is 1.09 bits per heavy atom. The van der Waals surface area contributed by atoms with Gasteiger partial charge in [0.1, 0.15) is 23.4 Å². The average Bonchev–Trinajstić information content (AvgIpc) is 2.65. The quantitative estimate of drug-likeness (QED) is 0.484. The van der Waals surface area contributed by atoms with Crippen molar-refractivity contribution in [3.8, 4) is 5.75 Å². The maximum absolute atomic E-state index is 13.9. The number of phenols is 1. The fourth-order valence-electron chi connectivity index (χ4n) is 3.43. The largest absolute Gasteiger partial charge is 0.508 e. The Labute approximate surface area is 204 Å². The molecule has 0 saturated heterocycles. The molecule has 2 unspecified atom stereocenters. The maximum atomic E-state index is 13.9. The molecule has 1 rings (SSSR count). The molecule has 192 valence electrons. The summed E-state index contributed by atoms with van der Waals surface area (Å²) in [5.41, 5.74) is -0.753. The second-order valence-corrected chi connectivity index (χ2v) is 11.0. The first kappa shape index (κ1) is 29.3. The standard InChI is InChI=1S/C26H43N3O5/c1-10-11-15-29(23(32)20(17(2)3)27-24(33)34-26(7,8)9)21(22(31)28-25(4,5)6)18-13-12-14-19(30)16-18/h12-14,16-17,20-21,30H,10-11,15H2,1-9H3,(H,27,33)(H,28,31). The van der Waals surface area contributed by atoms with Gasteiger partial charge < -0.3 is 25.4 Å². The van der Waals surface area contributed by atoms with Crippen molar-refractivity contribution < 1.29 is 24.2 Å². The molecule has 1 aromatic rings. The van der Waals surface area contributed by atoms with E-state index in [1.807, 2.05) is 41.5 Å². The van der Waals surface area contributed by atoms with Crippen LogP contribution in [0.5, 0.6) is 5.75 Å². The summed E-state index contributed by atoms with van der Waals surface area (Å²) >= 11 is 0. The molecule has 0 radical (unpaired) electrons. The van der Waals surface area contributed by atoms with Gasteiger partial charge in [-0.05, 0) is 71.6 Å². The molecule has 0 aliphatic heterocycles. The van der Waals surface area contributed by atoms with Gasteiger partial charge in [0.15, 0.2) is 0 Å². The van der Waals surface area contributed by atoms with Crippen LogP contribution in [0.2, 0.25) is 0 Å². The van der Waals surface area contributed by atoms with Gasteiger partial charge in [-0.25, -0.2) is 4.79 Å². The van der Waals surface area contributed by atoms with Crippen LogP contribution in [-0.4, -0.2) is 51.6 Å². The first-order valence-corrected chi connectivity index (χ1v) is 12.0. The highest BCUT2D eigenvalue weighted by atomic mass is 16.6. The Balaban J connectivity index is 3.47. The molecular weight excluding hydrogens is 434 g/mol. The van der Waals surface area contributed by atoms with E-state index in [9.17, 15) is 19.5 Å². The first-order valence-electron chi connectivity index (χ1n) is 12.0. The molecule has 0 saturated carbocycles. The number of ether oxygens (including phenoxy) is 1. The lowest BCUT2D eigenvalue weighted by atomic mass is 9.97. The van der Waals surface area contributed by atoms with Gasteiger partial charge in [-0.3, -0.25) is 9.59 Å². The zero-order valence-electron chi connectivity index (χ0n) is 22.2. The van der Waals surface area contributed by atoms with Crippen LogP contribution >= 0.6 is 0 Å².